The minimum atomic E-state index is -0.685. The lowest BCUT2D eigenvalue weighted by Gasteiger charge is -2.16. The maximum atomic E-state index is 13.3. The van der Waals surface area contributed by atoms with Gasteiger partial charge in [-0.1, -0.05) is 11.6 Å². The van der Waals surface area contributed by atoms with Crippen LogP contribution in [-0.2, 0) is 9.59 Å². The number of rotatable bonds is 4. The van der Waals surface area contributed by atoms with Crippen molar-refractivity contribution in [1.29, 1.82) is 0 Å². The third kappa shape index (κ3) is 3.05. The molecule has 124 valence electrons. The minimum absolute atomic E-state index is 0.0137. The van der Waals surface area contributed by atoms with Crippen molar-refractivity contribution in [2.45, 2.75) is 12.5 Å². The maximum Gasteiger partial charge on any atom is 0.256 e. The van der Waals surface area contributed by atoms with Crippen LogP contribution < -0.4 is 15.0 Å². The SMILES string of the molecule is COc1ccc(NC2CC(=O)N(c3ccc(F)c(Cl)c3)C2=O)cc1. The molecule has 7 heteroatoms. The van der Waals surface area contributed by atoms with Crippen LogP contribution in [0.15, 0.2) is 42.5 Å². The van der Waals surface area contributed by atoms with Gasteiger partial charge < -0.3 is 10.1 Å². The van der Waals surface area contributed by atoms with Crippen molar-refractivity contribution >= 4 is 34.8 Å². The lowest BCUT2D eigenvalue weighted by molar-refractivity contribution is -0.121. The van der Waals surface area contributed by atoms with E-state index in [9.17, 15) is 14.0 Å². The highest BCUT2D eigenvalue weighted by Gasteiger charge is 2.39. The van der Waals surface area contributed by atoms with Crippen LogP contribution in [-0.4, -0.2) is 25.0 Å². The quantitative estimate of drug-likeness (QED) is 0.862. The van der Waals surface area contributed by atoms with E-state index in [1.54, 1.807) is 31.4 Å². The van der Waals surface area contributed by atoms with Crippen LogP contribution in [0, 0.1) is 5.82 Å². The van der Waals surface area contributed by atoms with Crippen LogP contribution in [0.2, 0.25) is 5.02 Å². The van der Waals surface area contributed by atoms with Crippen molar-refractivity contribution in [3.8, 4) is 5.75 Å². The molecular weight excluding hydrogens is 335 g/mol. The van der Waals surface area contributed by atoms with E-state index in [1.807, 2.05) is 0 Å². The summed E-state index contributed by atoms with van der Waals surface area (Å²) in [5, 5.41) is 2.88. The van der Waals surface area contributed by atoms with E-state index in [-0.39, 0.29) is 23.0 Å². The number of ether oxygens (including phenoxy) is 1. The number of amides is 2. The van der Waals surface area contributed by atoms with Gasteiger partial charge in [0.1, 0.15) is 17.6 Å². The first-order valence-corrected chi connectivity index (χ1v) is 7.60. The zero-order valence-corrected chi connectivity index (χ0v) is 13.5. The van der Waals surface area contributed by atoms with E-state index in [1.165, 1.54) is 12.1 Å². The number of carbonyl (C=O) groups is 2. The third-order valence-electron chi connectivity index (χ3n) is 3.74. The molecule has 2 amide bonds. The predicted octanol–water partition coefficient (Wildman–Crippen LogP) is 3.23. The lowest BCUT2D eigenvalue weighted by Crippen LogP contribution is -2.34. The van der Waals surface area contributed by atoms with Crippen molar-refractivity contribution in [2.75, 3.05) is 17.3 Å². The van der Waals surface area contributed by atoms with Crippen LogP contribution >= 0.6 is 11.6 Å². The summed E-state index contributed by atoms with van der Waals surface area (Å²) in [5.74, 6) is -0.684. The second kappa shape index (κ2) is 6.49. The molecular formula is C17H14ClFN2O3. The highest BCUT2D eigenvalue weighted by molar-refractivity contribution is 6.31. The minimum Gasteiger partial charge on any atom is -0.497 e. The highest BCUT2D eigenvalue weighted by Crippen LogP contribution is 2.28. The molecule has 1 aliphatic heterocycles. The fourth-order valence-corrected chi connectivity index (χ4v) is 2.70. The molecule has 2 aromatic rings. The summed E-state index contributed by atoms with van der Waals surface area (Å²) < 4.78 is 18.3. The Kier molecular flexibility index (Phi) is 4.40. The van der Waals surface area contributed by atoms with Gasteiger partial charge in [0, 0.05) is 5.69 Å². The molecule has 5 nitrogen and oxygen atoms in total. The molecule has 0 spiro atoms. The Balaban J connectivity index is 1.79. The molecule has 1 fully saturated rings. The fourth-order valence-electron chi connectivity index (χ4n) is 2.53. The molecule has 24 heavy (non-hydrogen) atoms. The number of halogens is 2. The number of imide groups is 1. The Morgan fingerprint density at radius 3 is 2.54 bits per heavy atom. The number of benzene rings is 2. The summed E-state index contributed by atoms with van der Waals surface area (Å²) in [6.07, 6.45) is 0.0137. The van der Waals surface area contributed by atoms with Crippen LogP contribution in [0.25, 0.3) is 0 Å². The number of carbonyl (C=O) groups excluding carboxylic acids is 2. The van der Waals surface area contributed by atoms with Crippen molar-refractivity contribution < 1.29 is 18.7 Å². The van der Waals surface area contributed by atoms with Crippen LogP contribution in [0.4, 0.5) is 15.8 Å². The average Bonchev–Trinajstić information content (AvgIpc) is 2.85. The second-order valence-corrected chi connectivity index (χ2v) is 5.70. The zero-order chi connectivity index (χ0) is 17.3. The molecule has 2 aromatic carbocycles. The molecule has 1 aliphatic rings. The Bertz CT molecular complexity index is 795. The summed E-state index contributed by atoms with van der Waals surface area (Å²) in [6.45, 7) is 0. The molecule has 0 saturated carbocycles. The van der Waals surface area contributed by atoms with Gasteiger partial charge in [-0.05, 0) is 42.5 Å². The molecule has 0 radical (unpaired) electrons. The normalized spacial score (nSPS) is 17.3. The number of hydrogen-bond donors (Lipinski definition) is 1. The van der Waals surface area contributed by atoms with Crippen molar-refractivity contribution in [1.82, 2.24) is 0 Å². The first-order chi connectivity index (χ1) is 11.5. The van der Waals surface area contributed by atoms with E-state index >= 15 is 0 Å². The number of nitrogens with zero attached hydrogens (tertiary/aromatic N) is 1. The highest BCUT2D eigenvalue weighted by atomic mass is 35.5. The number of anilines is 2. The van der Waals surface area contributed by atoms with Gasteiger partial charge in [0.25, 0.3) is 5.91 Å². The maximum absolute atomic E-state index is 13.3. The summed E-state index contributed by atoms with van der Waals surface area (Å²) in [7, 11) is 1.56. The van der Waals surface area contributed by atoms with Crippen LogP contribution in [0.5, 0.6) is 5.75 Å². The van der Waals surface area contributed by atoms with Gasteiger partial charge in [-0.25, -0.2) is 9.29 Å². The Morgan fingerprint density at radius 2 is 1.92 bits per heavy atom. The Labute approximate surface area is 143 Å². The topological polar surface area (TPSA) is 58.6 Å². The van der Waals surface area contributed by atoms with Crippen LogP contribution in [0.1, 0.15) is 6.42 Å². The molecule has 0 aromatic heterocycles. The van der Waals surface area contributed by atoms with Gasteiger partial charge in [0.05, 0.1) is 24.2 Å². The van der Waals surface area contributed by atoms with Crippen molar-refractivity contribution in [2.24, 2.45) is 0 Å². The van der Waals surface area contributed by atoms with Gasteiger partial charge in [-0.3, -0.25) is 9.59 Å². The fraction of sp³-hybridized carbons (Fsp3) is 0.176. The third-order valence-corrected chi connectivity index (χ3v) is 4.03. The van der Waals surface area contributed by atoms with Gasteiger partial charge in [-0.2, -0.15) is 0 Å². The zero-order valence-electron chi connectivity index (χ0n) is 12.8. The van der Waals surface area contributed by atoms with E-state index < -0.39 is 17.8 Å². The average molecular weight is 349 g/mol. The Hall–Kier alpha value is -2.60. The smallest absolute Gasteiger partial charge is 0.256 e. The second-order valence-electron chi connectivity index (χ2n) is 5.30. The van der Waals surface area contributed by atoms with Crippen molar-refractivity contribution in [3.63, 3.8) is 0 Å². The Morgan fingerprint density at radius 1 is 1.21 bits per heavy atom. The molecule has 3 rings (SSSR count). The molecule has 1 unspecified atom stereocenters. The van der Waals surface area contributed by atoms with Crippen molar-refractivity contribution in [3.05, 3.63) is 53.3 Å². The number of nitrogens with one attached hydrogen (secondary N) is 1. The molecule has 1 N–H and O–H groups in total. The predicted molar refractivity (Wildman–Crippen MR) is 88.9 cm³/mol. The molecule has 0 bridgehead atoms. The summed E-state index contributed by atoms with van der Waals surface area (Å²) in [4.78, 5) is 25.7. The number of methoxy groups -OCH3 is 1. The van der Waals surface area contributed by atoms with Gasteiger partial charge in [0.15, 0.2) is 0 Å². The van der Waals surface area contributed by atoms with E-state index in [2.05, 4.69) is 5.32 Å². The standard InChI is InChI=1S/C17H14ClFN2O3/c1-24-12-5-2-10(3-6-12)20-15-9-16(22)21(17(15)23)11-4-7-14(19)13(18)8-11/h2-8,15,20H,9H2,1H3. The van der Waals surface area contributed by atoms with Gasteiger partial charge in [-0.15, -0.1) is 0 Å². The summed E-state index contributed by atoms with van der Waals surface area (Å²) >= 11 is 5.73. The number of hydrogen-bond acceptors (Lipinski definition) is 4. The van der Waals surface area contributed by atoms with E-state index in [0.717, 1.165) is 11.0 Å². The summed E-state index contributed by atoms with van der Waals surface area (Å²) in [6, 6.07) is 10.1. The van der Waals surface area contributed by atoms with Crippen LogP contribution in [0.3, 0.4) is 0 Å². The first-order valence-electron chi connectivity index (χ1n) is 7.22. The van der Waals surface area contributed by atoms with E-state index in [0.29, 0.717) is 11.4 Å². The molecule has 1 atom stereocenters. The van der Waals surface area contributed by atoms with Gasteiger partial charge in [0.2, 0.25) is 5.91 Å². The van der Waals surface area contributed by atoms with E-state index in [4.69, 9.17) is 16.3 Å². The largest absolute Gasteiger partial charge is 0.497 e. The molecule has 1 saturated heterocycles. The first kappa shape index (κ1) is 16.3. The lowest BCUT2D eigenvalue weighted by atomic mass is 10.2. The van der Waals surface area contributed by atoms with Gasteiger partial charge >= 0.3 is 0 Å². The molecule has 0 aliphatic carbocycles. The molecule has 1 heterocycles. The summed E-state index contributed by atoms with van der Waals surface area (Å²) in [5.41, 5.74) is 0.955. The monoisotopic (exact) mass is 348 g/mol.